The molecule has 3 nitrogen and oxygen atoms in total. The van der Waals surface area contributed by atoms with Crippen molar-refractivity contribution < 1.29 is 9.90 Å². The van der Waals surface area contributed by atoms with E-state index < -0.39 is 5.97 Å². The molecule has 1 saturated heterocycles. The molecule has 2 aliphatic rings. The zero-order chi connectivity index (χ0) is 12.3. The minimum Gasteiger partial charge on any atom is -0.481 e. The van der Waals surface area contributed by atoms with E-state index in [0.29, 0.717) is 18.5 Å². The fourth-order valence-electron chi connectivity index (χ4n) is 3.63. The van der Waals surface area contributed by atoms with Crippen molar-refractivity contribution in [1.29, 1.82) is 0 Å². The summed E-state index contributed by atoms with van der Waals surface area (Å²) in [6.45, 7) is 3.46. The largest absolute Gasteiger partial charge is 0.481 e. The van der Waals surface area contributed by atoms with Crippen LogP contribution in [0.25, 0.3) is 0 Å². The summed E-state index contributed by atoms with van der Waals surface area (Å²) in [5.74, 6) is 0.187. The van der Waals surface area contributed by atoms with Crippen molar-refractivity contribution in [3.05, 3.63) is 0 Å². The first kappa shape index (κ1) is 12.9. The number of hydrogen-bond acceptors (Lipinski definition) is 2. The van der Waals surface area contributed by atoms with E-state index in [0.717, 1.165) is 18.9 Å². The highest BCUT2D eigenvalue weighted by Gasteiger charge is 2.32. The van der Waals surface area contributed by atoms with Crippen LogP contribution in [0.2, 0.25) is 0 Å². The lowest BCUT2D eigenvalue weighted by Gasteiger charge is -2.43. The van der Waals surface area contributed by atoms with Crippen LogP contribution in [-0.4, -0.2) is 34.6 Å². The number of carboxylic acid groups (broad SMARTS) is 1. The van der Waals surface area contributed by atoms with Gasteiger partial charge in [0.25, 0.3) is 0 Å². The average Bonchev–Trinajstić information content (AvgIpc) is 2.29. The monoisotopic (exact) mass is 239 g/mol. The number of carbonyl (C=O) groups is 1. The first-order valence-electron chi connectivity index (χ1n) is 7.14. The molecule has 1 N–H and O–H groups in total. The zero-order valence-electron chi connectivity index (χ0n) is 10.9. The molecule has 98 valence electrons. The van der Waals surface area contributed by atoms with Gasteiger partial charge in [-0.2, -0.15) is 0 Å². The summed E-state index contributed by atoms with van der Waals surface area (Å²) in [4.78, 5) is 13.5. The number of piperidine rings is 1. The van der Waals surface area contributed by atoms with Gasteiger partial charge in [-0.3, -0.25) is 9.69 Å². The van der Waals surface area contributed by atoms with Crippen LogP contribution in [0.1, 0.15) is 58.3 Å². The Balaban J connectivity index is 1.97. The third kappa shape index (κ3) is 3.44. The normalized spacial score (nSPS) is 35.7. The van der Waals surface area contributed by atoms with Gasteiger partial charge < -0.3 is 5.11 Å². The average molecular weight is 239 g/mol. The Hall–Kier alpha value is -0.570. The van der Waals surface area contributed by atoms with E-state index in [2.05, 4.69) is 11.8 Å². The van der Waals surface area contributed by atoms with E-state index in [9.17, 15) is 4.79 Å². The van der Waals surface area contributed by atoms with Crippen LogP contribution in [0.5, 0.6) is 0 Å². The highest BCUT2D eigenvalue weighted by atomic mass is 16.4. The Morgan fingerprint density at radius 1 is 1.24 bits per heavy atom. The van der Waals surface area contributed by atoms with Gasteiger partial charge in [0.1, 0.15) is 0 Å². The minimum atomic E-state index is -0.634. The molecule has 0 spiro atoms. The quantitative estimate of drug-likeness (QED) is 0.823. The van der Waals surface area contributed by atoms with Crippen LogP contribution in [0.4, 0.5) is 0 Å². The Morgan fingerprint density at radius 3 is 2.76 bits per heavy atom. The van der Waals surface area contributed by atoms with Gasteiger partial charge in [-0.05, 0) is 38.1 Å². The predicted octanol–water partition coefficient (Wildman–Crippen LogP) is 2.89. The molecule has 3 atom stereocenters. The molecule has 3 heteroatoms. The van der Waals surface area contributed by atoms with E-state index in [-0.39, 0.29) is 0 Å². The summed E-state index contributed by atoms with van der Waals surface area (Å²) < 4.78 is 0. The van der Waals surface area contributed by atoms with Crippen LogP contribution in [0, 0.1) is 5.92 Å². The maximum absolute atomic E-state index is 10.9. The third-order valence-corrected chi connectivity index (χ3v) is 4.46. The van der Waals surface area contributed by atoms with Gasteiger partial charge in [-0.15, -0.1) is 0 Å². The van der Waals surface area contributed by atoms with Crippen LogP contribution in [0.3, 0.4) is 0 Å². The Labute approximate surface area is 104 Å². The molecule has 0 amide bonds. The summed E-state index contributed by atoms with van der Waals surface area (Å²) in [7, 11) is 0. The molecular formula is C14H25NO2. The summed E-state index contributed by atoms with van der Waals surface area (Å²) in [5, 5.41) is 9.01. The van der Waals surface area contributed by atoms with Crippen molar-refractivity contribution in [1.82, 2.24) is 4.90 Å². The molecule has 2 rings (SSSR count). The van der Waals surface area contributed by atoms with Gasteiger partial charge in [0.2, 0.25) is 0 Å². The smallest absolute Gasteiger partial charge is 0.304 e. The number of hydrogen-bond donors (Lipinski definition) is 1. The van der Waals surface area contributed by atoms with Crippen molar-refractivity contribution in [3.63, 3.8) is 0 Å². The number of aliphatic carboxylic acids is 1. The maximum atomic E-state index is 10.9. The summed E-state index contributed by atoms with van der Waals surface area (Å²) in [5.41, 5.74) is 0. The predicted molar refractivity (Wildman–Crippen MR) is 68.0 cm³/mol. The molecule has 0 aromatic carbocycles. The minimum absolute atomic E-state index is 0.302. The lowest BCUT2D eigenvalue weighted by atomic mass is 9.84. The van der Waals surface area contributed by atoms with Gasteiger partial charge in [-0.25, -0.2) is 0 Å². The number of carboxylic acids is 1. The molecule has 0 radical (unpaired) electrons. The van der Waals surface area contributed by atoms with Crippen molar-refractivity contribution in [2.45, 2.75) is 70.4 Å². The molecule has 1 heterocycles. The van der Waals surface area contributed by atoms with Crippen molar-refractivity contribution in [3.8, 4) is 0 Å². The molecular weight excluding hydrogens is 214 g/mol. The number of likely N-dealkylation sites (tertiary alicyclic amines) is 1. The third-order valence-electron chi connectivity index (χ3n) is 4.46. The SMILES string of the molecule is CC1CCCC(N2CCCCC2CC(=O)O)C1. The summed E-state index contributed by atoms with van der Waals surface area (Å²) in [6, 6.07) is 0.958. The van der Waals surface area contributed by atoms with Crippen molar-refractivity contribution in [2.75, 3.05) is 6.54 Å². The fraction of sp³-hybridized carbons (Fsp3) is 0.929. The van der Waals surface area contributed by atoms with E-state index >= 15 is 0 Å². The molecule has 2 fully saturated rings. The Kier molecular flexibility index (Phi) is 4.43. The summed E-state index contributed by atoms with van der Waals surface area (Å²) >= 11 is 0. The lowest BCUT2D eigenvalue weighted by molar-refractivity contribution is -0.139. The van der Waals surface area contributed by atoms with E-state index in [4.69, 9.17) is 5.11 Å². The van der Waals surface area contributed by atoms with E-state index in [1.807, 2.05) is 0 Å². The molecule has 3 unspecified atom stereocenters. The van der Waals surface area contributed by atoms with Gasteiger partial charge in [0, 0.05) is 12.1 Å². The standard InChI is InChI=1S/C14H25NO2/c1-11-5-4-7-12(9-11)15-8-3-2-6-13(15)10-14(16)17/h11-13H,2-10H2,1H3,(H,16,17). The molecule has 17 heavy (non-hydrogen) atoms. The summed E-state index contributed by atoms with van der Waals surface area (Å²) in [6.07, 6.45) is 9.10. The van der Waals surface area contributed by atoms with Crippen LogP contribution < -0.4 is 0 Å². The highest BCUT2D eigenvalue weighted by molar-refractivity contribution is 5.67. The van der Waals surface area contributed by atoms with Crippen LogP contribution in [-0.2, 0) is 4.79 Å². The zero-order valence-corrected chi connectivity index (χ0v) is 10.9. The van der Waals surface area contributed by atoms with Crippen LogP contribution in [0.15, 0.2) is 0 Å². The van der Waals surface area contributed by atoms with Crippen LogP contribution >= 0.6 is 0 Å². The maximum Gasteiger partial charge on any atom is 0.304 e. The molecule has 1 aliphatic carbocycles. The first-order valence-corrected chi connectivity index (χ1v) is 7.14. The lowest BCUT2D eigenvalue weighted by Crippen LogP contribution is -2.48. The van der Waals surface area contributed by atoms with Crippen molar-refractivity contribution >= 4 is 5.97 Å². The molecule has 1 aliphatic heterocycles. The van der Waals surface area contributed by atoms with Crippen molar-refractivity contribution in [2.24, 2.45) is 5.92 Å². The molecule has 0 aromatic rings. The number of rotatable bonds is 3. The van der Waals surface area contributed by atoms with E-state index in [1.54, 1.807) is 0 Å². The fourth-order valence-corrected chi connectivity index (χ4v) is 3.63. The highest BCUT2D eigenvalue weighted by Crippen LogP contribution is 2.32. The van der Waals surface area contributed by atoms with Gasteiger partial charge in [-0.1, -0.05) is 26.2 Å². The van der Waals surface area contributed by atoms with E-state index in [1.165, 1.54) is 38.5 Å². The second-order valence-corrected chi connectivity index (χ2v) is 5.91. The van der Waals surface area contributed by atoms with Gasteiger partial charge >= 0.3 is 5.97 Å². The topological polar surface area (TPSA) is 40.5 Å². The molecule has 0 aromatic heterocycles. The molecule has 0 bridgehead atoms. The number of nitrogens with zero attached hydrogens (tertiary/aromatic N) is 1. The molecule has 1 saturated carbocycles. The second kappa shape index (κ2) is 5.85. The second-order valence-electron chi connectivity index (χ2n) is 5.91. The Morgan fingerprint density at radius 2 is 2.06 bits per heavy atom. The first-order chi connectivity index (χ1) is 8.16. The Bertz CT molecular complexity index is 267. The van der Waals surface area contributed by atoms with Gasteiger partial charge in [0.05, 0.1) is 6.42 Å². The van der Waals surface area contributed by atoms with Gasteiger partial charge in [0.15, 0.2) is 0 Å².